The van der Waals surface area contributed by atoms with Gasteiger partial charge in [0.1, 0.15) is 11.0 Å². The zero-order valence-electron chi connectivity index (χ0n) is 12.1. The first-order valence-corrected chi connectivity index (χ1v) is 7.30. The van der Waals surface area contributed by atoms with E-state index in [4.69, 9.17) is 20.6 Å². The molecule has 4 nitrogen and oxygen atoms in total. The van der Waals surface area contributed by atoms with Crippen molar-refractivity contribution in [1.29, 1.82) is 0 Å². The minimum atomic E-state index is -0.610. The molecule has 0 bridgehead atoms. The van der Waals surface area contributed by atoms with Gasteiger partial charge in [-0.05, 0) is 33.3 Å². The van der Waals surface area contributed by atoms with Gasteiger partial charge in [0, 0.05) is 4.88 Å². The quantitative estimate of drug-likeness (QED) is 0.635. The normalized spacial score (nSPS) is 20.6. The van der Waals surface area contributed by atoms with Gasteiger partial charge in [-0.1, -0.05) is 5.92 Å². The molecule has 1 atom stereocenters. The maximum Gasteiger partial charge on any atom is 0.349 e. The molecule has 0 aromatic carbocycles. The highest BCUT2D eigenvalue weighted by molar-refractivity contribution is 7.14. The van der Waals surface area contributed by atoms with Gasteiger partial charge in [0.25, 0.3) is 0 Å². The Hall–Kier alpha value is -1.35. The molecular formula is C15H18O4S. The number of ether oxygens (including phenoxy) is 3. The molecule has 0 aliphatic carbocycles. The van der Waals surface area contributed by atoms with Crippen molar-refractivity contribution < 1.29 is 19.0 Å². The fourth-order valence-corrected chi connectivity index (χ4v) is 3.35. The lowest BCUT2D eigenvalue weighted by molar-refractivity contribution is -0.138. The van der Waals surface area contributed by atoms with Crippen molar-refractivity contribution in [2.45, 2.75) is 39.6 Å². The Morgan fingerprint density at radius 2 is 2.30 bits per heavy atom. The number of thiophene rings is 1. The summed E-state index contributed by atoms with van der Waals surface area (Å²) in [6.45, 7) is 8.18. The Labute approximate surface area is 123 Å². The average molecular weight is 294 g/mol. The first-order valence-electron chi connectivity index (χ1n) is 6.48. The van der Waals surface area contributed by atoms with Crippen molar-refractivity contribution in [3.63, 3.8) is 0 Å². The third-order valence-corrected chi connectivity index (χ3v) is 4.45. The second-order valence-electron chi connectivity index (χ2n) is 4.98. The monoisotopic (exact) mass is 294 g/mol. The second-order valence-corrected chi connectivity index (χ2v) is 6.03. The number of hydrogen-bond donors (Lipinski definition) is 0. The van der Waals surface area contributed by atoms with Gasteiger partial charge in [-0.3, -0.25) is 0 Å². The van der Waals surface area contributed by atoms with Gasteiger partial charge in [0.05, 0.1) is 18.8 Å². The predicted molar refractivity (Wildman–Crippen MR) is 76.8 cm³/mol. The average Bonchev–Trinajstić information content (AvgIpc) is 2.89. The van der Waals surface area contributed by atoms with Crippen LogP contribution in [0.5, 0.6) is 0 Å². The molecule has 2 heterocycles. The summed E-state index contributed by atoms with van der Waals surface area (Å²) in [5.41, 5.74) is 1.49. The number of esters is 1. The van der Waals surface area contributed by atoms with Crippen molar-refractivity contribution in [3.8, 4) is 12.3 Å². The Balaban J connectivity index is 2.37. The van der Waals surface area contributed by atoms with E-state index in [9.17, 15) is 4.79 Å². The Bertz CT molecular complexity index is 565. The lowest BCUT2D eigenvalue weighted by Crippen LogP contribution is -2.19. The van der Waals surface area contributed by atoms with Crippen LogP contribution in [-0.4, -0.2) is 25.0 Å². The smallest absolute Gasteiger partial charge is 0.349 e. The van der Waals surface area contributed by atoms with Crippen molar-refractivity contribution in [2.75, 3.05) is 13.2 Å². The summed E-state index contributed by atoms with van der Waals surface area (Å²) in [5.74, 6) is 1.59. The Morgan fingerprint density at radius 3 is 2.80 bits per heavy atom. The largest absolute Gasteiger partial charge is 0.462 e. The highest BCUT2D eigenvalue weighted by Crippen LogP contribution is 2.40. The van der Waals surface area contributed by atoms with Crippen LogP contribution >= 0.6 is 11.3 Å². The van der Waals surface area contributed by atoms with E-state index in [2.05, 4.69) is 5.92 Å². The van der Waals surface area contributed by atoms with Gasteiger partial charge < -0.3 is 14.2 Å². The molecule has 1 saturated heterocycles. The van der Waals surface area contributed by atoms with E-state index >= 15 is 0 Å². The fourth-order valence-electron chi connectivity index (χ4n) is 2.17. The summed E-state index contributed by atoms with van der Waals surface area (Å²) in [6.07, 6.45) is 5.34. The summed E-state index contributed by atoms with van der Waals surface area (Å²) in [5, 5.41) is 0. The Morgan fingerprint density at radius 1 is 1.60 bits per heavy atom. The second kappa shape index (κ2) is 5.57. The number of terminal acetylenes is 1. The zero-order valence-corrected chi connectivity index (χ0v) is 12.9. The Kier molecular flexibility index (Phi) is 4.19. The minimum Gasteiger partial charge on any atom is -0.462 e. The van der Waals surface area contributed by atoms with E-state index in [0.29, 0.717) is 23.7 Å². The molecule has 0 saturated carbocycles. The molecule has 1 aliphatic rings. The molecule has 1 aliphatic heterocycles. The summed E-state index contributed by atoms with van der Waals surface area (Å²) in [7, 11) is 0. The van der Waals surface area contributed by atoms with Crippen LogP contribution in [0.3, 0.4) is 0 Å². The maximum absolute atomic E-state index is 12.0. The van der Waals surface area contributed by atoms with E-state index in [1.54, 1.807) is 6.92 Å². The lowest BCUT2D eigenvalue weighted by Gasteiger charge is -2.16. The standard InChI is InChI=1S/C15H18O4S/c1-6-10-9(3)12(11-8-18-15(4,5)19-11)20-13(10)14(16)17-7-2/h1,11H,7-8H2,2-5H3/t11-/m1/s1. The number of hydrogen-bond acceptors (Lipinski definition) is 5. The molecule has 2 rings (SSSR count). The van der Waals surface area contributed by atoms with Gasteiger partial charge in [0.15, 0.2) is 5.79 Å². The van der Waals surface area contributed by atoms with Gasteiger partial charge >= 0.3 is 5.97 Å². The number of carbonyl (C=O) groups is 1. The van der Waals surface area contributed by atoms with Crippen LogP contribution in [0, 0.1) is 19.3 Å². The molecule has 1 aromatic rings. The van der Waals surface area contributed by atoms with Crippen LogP contribution in [0.15, 0.2) is 0 Å². The van der Waals surface area contributed by atoms with Crippen molar-refractivity contribution >= 4 is 17.3 Å². The summed E-state index contributed by atoms with van der Waals surface area (Å²) < 4.78 is 16.5. The van der Waals surface area contributed by atoms with E-state index in [0.717, 1.165) is 10.4 Å². The third kappa shape index (κ3) is 2.73. The van der Waals surface area contributed by atoms with Crippen molar-refractivity contribution in [1.82, 2.24) is 0 Å². The van der Waals surface area contributed by atoms with Crippen LogP contribution in [0.25, 0.3) is 0 Å². The van der Waals surface area contributed by atoms with Gasteiger partial charge in [-0.25, -0.2) is 4.79 Å². The lowest BCUT2D eigenvalue weighted by atomic mass is 10.1. The molecule has 0 spiro atoms. The molecular weight excluding hydrogens is 276 g/mol. The molecule has 20 heavy (non-hydrogen) atoms. The van der Waals surface area contributed by atoms with Crippen LogP contribution in [0.1, 0.15) is 52.6 Å². The van der Waals surface area contributed by atoms with E-state index < -0.39 is 5.79 Å². The van der Waals surface area contributed by atoms with Crippen LogP contribution < -0.4 is 0 Å². The minimum absolute atomic E-state index is 0.190. The topological polar surface area (TPSA) is 44.8 Å². The molecule has 1 aromatic heterocycles. The van der Waals surface area contributed by atoms with Gasteiger partial charge in [0.2, 0.25) is 0 Å². The fraction of sp³-hybridized carbons (Fsp3) is 0.533. The molecule has 0 radical (unpaired) electrons. The molecule has 108 valence electrons. The predicted octanol–water partition coefficient (Wildman–Crippen LogP) is 3.04. The van der Waals surface area contributed by atoms with Crippen LogP contribution in [0.4, 0.5) is 0 Å². The molecule has 0 amide bonds. The van der Waals surface area contributed by atoms with Gasteiger partial charge in [-0.15, -0.1) is 17.8 Å². The molecule has 0 unspecified atom stereocenters. The number of rotatable bonds is 3. The zero-order chi connectivity index (χ0) is 14.9. The number of carbonyl (C=O) groups excluding carboxylic acids is 1. The molecule has 1 fully saturated rings. The van der Waals surface area contributed by atoms with Crippen molar-refractivity contribution in [2.24, 2.45) is 0 Å². The van der Waals surface area contributed by atoms with Crippen LogP contribution in [-0.2, 0) is 14.2 Å². The first kappa shape index (κ1) is 15.0. The van der Waals surface area contributed by atoms with Gasteiger partial charge in [-0.2, -0.15) is 0 Å². The van der Waals surface area contributed by atoms with E-state index in [1.165, 1.54) is 11.3 Å². The third-order valence-electron chi connectivity index (χ3n) is 3.09. The SMILES string of the molecule is C#Cc1c(C(=O)OCC)sc([C@H]2COC(C)(C)O2)c1C. The molecule has 0 N–H and O–H groups in total. The van der Waals surface area contributed by atoms with E-state index in [-0.39, 0.29) is 12.1 Å². The van der Waals surface area contributed by atoms with Crippen LogP contribution in [0.2, 0.25) is 0 Å². The highest BCUT2D eigenvalue weighted by Gasteiger charge is 2.36. The first-order chi connectivity index (χ1) is 9.39. The summed E-state index contributed by atoms with van der Waals surface area (Å²) >= 11 is 1.33. The maximum atomic E-state index is 12.0. The summed E-state index contributed by atoms with van der Waals surface area (Å²) in [4.78, 5) is 13.4. The summed E-state index contributed by atoms with van der Waals surface area (Å²) in [6, 6.07) is 0. The van der Waals surface area contributed by atoms with E-state index in [1.807, 2.05) is 20.8 Å². The molecule has 5 heteroatoms. The highest BCUT2D eigenvalue weighted by atomic mass is 32.1. The van der Waals surface area contributed by atoms with Crippen molar-refractivity contribution in [3.05, 3.63) is 20.9 Å².